The van der Waals surface area contributed by atoms with Gasteiger partial charge in [-0.2, -0.15) is 0 Å². The van der Waals surface area contributed by atoms with Gasteiger partial charge in [0, 0.05) is 18.8 Å². The molecule has 0 unspecified atom stereocenters. The molecule has 1 aliphatic carbocycles. The number of rotatable bonds is 11. The molecule has 0 bridgehead atoms. The molecular formula is C19H27O2. The number of hydrogen-bond donors (Lipinski definition) is 0. The van der Waals surface area contributed by atoms with Crippen LogP contribution < -0.4 is 0 Å². The second-order valence-corrected chi connectivity index (χ2v) is 5.59. The summed E-state index contributed by atoms with van der Waals surface area (Å²) in [6, 6.07) is 8.38. The third-order valence-corrected chi connectivity index (χ3v) is 3.83. The lowest BCUT2D eigenvalue weighted by Gasteiger charge is -2.05. The maximum absolute atomic E-state index is 5.65. The molecule has 21 heavy (non-hydrogen) atoms. The fraction of sp³-hybridized carbons (Fsp3) is 0.526. The third kappa shape index (κ3) is 5.55. The lowest BCUT2D eigenvalue weighted by Crippen LogP contribution is -1.97. The average Bonchev–Trinajstić information content (AvgIpc) is 2.92. The zero-order valence-corrected chi connectivity index (χ0v) is 13.0. The summed E-state index contributed by atoms with van der Waals surface area (Å²) in [7, 11) is 0. The molecule has 0 fully saturated rings. The molecule has 2 rings (SSSR count). The van der Waals surface area contributed by atoms with Crippen molar-refractivity contribution in [3.63, 3.8) is 0 Å². The molecule has 1 aliphatic heterocycles. The molecule has 2 heteroatoms. The monoisotopic (exact) mass is 287 g/mol. The quantitative estimate of drug-likeness (QED) is 0.508. The maximum Gasteiger partial charge on any atom is 0.136 e. The van der Waals surface area contributed by atoms with Crippen LogP contribution >= 0.6 is 0 Å². The predicted octanol–water partition coefficient (Wildman–Crippen LogP) is 5.51. The van der Waals surface area contributed by atoms with Crippen LogP contribution in [0, 0.1) is 6.92 Å². The Balaban J connectivity index is 1.51. The molecule has 0 saturated heterocycles. The van der Waals surface area contributed by atoms with E-state index in [1.165, 1.54) is 43.2 Å². The van der Waals surface area contributed by atoms with E-state index in [-0.39, 0.29) is 0 Å². The number of ether oxygens (including phenoxy) is 1. The normalized spacial score (nSPS) is 11.3. The summed E-state index contributed by atoms with van der Waals surface area (Å²) in [4.78, 5) is 0. The van der Waals surface area contributed by atoms with Crippen molar-refractivity contribution in [2.24, 2.45) is 0 Å². The molecule has 0 N–H and O–H groups in total. The fourth-order valence-electron chi connectivity index (χ4n) is 2.61. The first-order valence-corrected chi connectivity index (χ1v) is 8.24. The van der Waals surface area contributed by atoms with Gasteiger partial charge >= 0.3 is 0 Å². The first kappa shape index (κ1) is 16.1. The molecule has 1 heterocycles. The van der Waals surface area contributed by atoms with Crippen molar-refractivity contribution in [1.82, 2.24) is 0 Å². The Morgan fingerprint density at radius 3 is 2.52 bits per heavy atom. The number of hydrogen-bond acceptors (Lipinski definition) is 2. The van der Waals surface area contributed by atoms with Crippen molar-refractivity contribution in [3.8, 4) is 11.3 Å². The Hall–Kier alpha value is -1.28. The van der Waals surface area contributed by atoms with Crippen molar-refractivity contribution in [2.45, 2.75) is 51.4 Å². The molecule has 2 aliphatic rings. The highest BCUT2D eigenvalue weighted by Crippen LogP contribution is 2.28. The van der Waals surface area contributed by atoms with Crippen LogP contribution in [0.1, 0.15) is 50.5 Å². The van der Waals surface area contributed by atoms with E-state index in [0.29, 0.717) is 0 Å². The predicted molar refractivity (Wildman–Crippen MR) is 87.5 cm³/mol. The number of fused-ring (bicyclic) bond motifs is 1. The first-order valence-electron chi connectivity index (χ1n) is 8.24. The highest BCUT2D eigenvalue weighted by Gasteiger charge is 2.10. The molecule has 115 valence electrons. The summed E-state index contributed by atoms with van der Waals surface area (Å²) in [5, 5.41) is 0. The van der Waals surface area contributed by atoms with Crippen molar-refractivity contribution in [3.05, 3.63) is 43.0 Å². The van der Waals surface area contributed by atoms with E-state index < -0.39 is 0 Å². The number of aryl methyl sites for hydroxylation is 1. The molecule has 0 atom stereocenters. The Bertz CT molecular complexity index is 461. The summed E-state index contributed by atoms with van der Waals surface area (Å²) in [5.41, 5.74) is 2.54. The van der Waals surface area contributed by atoms with Crippen molar-refractivity contribution >= 4 is 0 Å². The van der Waals surface area contributed by atoms with Gasteiger partial charge < -0.3 is 9.15 Å². The summed E-state index contributed by atoms with van der Waals surface area (Å²) in [6.07, 6.45) is 11.1. The minimum Gasteiger partial charge on any atom is -0.464 e. The van der Waals surface area contributed by atoms with Crippen LogP contribution in [0.25, 0.3) is 11.3 Å². The van der Waals surface area contributed by atoms with Crippen LogP contribution in [0.5, 0.6) is 0 Å². The fourth-order valence-corrected chi connectivity index (χ4v) is 2.61. The van der Waals surface area contributed by atoms with Crippen LogP contribution in [0.3, 0.4) is 0 Å². The topological polar surface area (TPSA) is 22.4 Å². The zero-order valence-electron chi connectivity index (χ0n) is 13.0. The van der Waals surface area contributed by atoms with E-state index >= 15 is 0 Å². The molecule has 0 aromatic heterocycles. The molecule has 0 saturated carbocycles. The van der Waals surface area contributed by atoms with Gasteiger partial charge in [0.05, 0.1) is 6.26 Å². The van der Waals surface area contributed by atoms with Gasteiger partial charge in [-0.1, -0.05) is 44.7 Å². The van der Waals surface area contributed by atoms with Gasteiger partial charge in [-0.25, -0.2) is 0 Å². The van der Waals surface area contributed by atoms with Crippen LogP contribution in [0.15, 0.2) is 34.9 Å². The third-order valence-electron chi connectivity index (χ3n) is 3.83. The Morgan fingerprint density at radius 1 is 0.905 bits per heavy atom. The molecule has 0 amide bonds. The van der Waals surface area contributed by atoms with E-state index in [1.54, 1.807) is 6.26 Å². The van der Waals surface area contributed by atoms with E-state index in [2.05, 4.69) is 25.1 Å². The minimum atomic E-state index is 0.899. The van der Waals surface area contributed by atoms with Gasteiger partial charge in [0.1, 0.15) is 5.76 Å². The van der Waals surface area contributed by atoms with Crippen LogP contribution in [0.4, 0.5) is 0 Å². The molecule has 0 spiro atoms. The molecule has 1 radical (unpaired) electrons. The van der Waals surface area contributed by atoms with Gasteiger partial charge in [-0.3, -0.25) is 0 Å². The Morgan fingerprint density at radius 2 is 1.71 bits per heavy atom. The Labute approximate surface area is 128 Å². The smallest absolute Gasteiger partial charge is 0.136 e. The summed E-state index contributed by atoms with van der Waals surface area (Å²) < 4.78 is 11.2. The van der Waals surface area contributed by atoms with E-state index in [9.17, 15) is 0 Å². The van der Waals surface area contributed by atoms with E-state index in [1.807, 2.05) is 6.07 Å². The van der Waals surface area contributed by atoms with Gasteiger partial charge in [-0.15, -0.1) is 0 Å². The second kappa shape index (κ2) is 9.62. The molecule has 2 nitrogen and oxygen atoms in total. The molecular weight excluding hydrogens is 260 g/mol. The standard InChI is InChI=1S/C19H27O2/c1-2-3-4-7-14-20-15-8-5-6-10-17-12-13-18-11-9-16-21-19(17)18/h9,11-13,16H,1-8,10,14-15H2. The molecule has 0 aromatic carbocycles. The van der Waals surface area contributed by atoms with Gasteiger partial charge in [0.25, 0.3) is 0 Å². The molecule has 0 aromatic rings. The number of unbranched alkanes of at least 4 members (excludes halogenated alkanes) is 5. The van der Waals surface area contributed by atoms with Crippen molar-refractivity contribution < 1.29 is 9.15 Å². The average molecular weight is 287 g/mol. The largest absolute Gasteiger partial charge is 0.464 e. The highest BCUT2D eigenvalue weighted by molar-refractivity contribution is 5.64. The highest BCUT2D eigenvalue weighted by atomic mass is 16.5. The second-order valence-electron chi connectivity index (χ2n) is 5.59. The van der Waals surface area contributed by atoms with E-state index in [0.717, 1.165) is 38.2 Å². The van der Waals surface area contributed by atoms with Crippen LogP contribution in [0.2, 0.25) is 0 Å². The summed E-state index contributed by atoms with van der Waals surface area (Å²) in [5.74, 6) is 1.05. The van der Waals surface area contributed by atoms with Crippen LogP contribution in [-0.4, -0.2) is 13.2 Å². The minimum absolute atomic E-state index is 0.899. The van der Waals surface area contributed by atoms with Crippen molar-refractivity contribution in [1.29, 1.82) is 0 Å². The summed E-state index contributed by atoms with van der Waals surface area (Å²) in [6.45, 7) is 5.65. The maximum atomic E-state index is 5.65. The van der Waals surface area contributed by atoms with Gasteiger partial charge in [0.2, 0.25) is 0 Å². The Kier molecular flexibility index (Phi) is 7.37. The zero-order chi connectivity index (χ0) is 14.8. The van der Waals surface area contributed by atoms with Crippen molar-refractivity contribution in [2.75, 3.05) is 13.2 Å². The van der Waals surface area contributed by atoms with Gasteiger partial charge in [0.15, 0.2) is 0 Å². The van der Waals surface area contributed by atoms with Crippen LogP contribution in [-0.2, 0) is 11.2 Å². The first-order chi connectivity index (χ1) is 10.4. The summed E-state index contributed by atoms with van der Waals surface area (Å²) >= 11 is 0. The van der Waals surface area contributed by atoms with Gasteiger partial charge in [-0.05, 0) is 43.4 Å². The van der Waals surface area contributed by atoms with E-state index in [4.69, 9.17) is 9.15 Å². The lowest BCUT2D eigenvalue weighted by atomic mass is 10.1. The lowest BCUT2D eigenvalue weighted by molar-refractivity contribution is 0.126. The SMILES string of the molecule is [CH2]CCCCCOCCCCCc1ccc2cccoc1-2.